The van der Waals surface area contributed by atoms with Crippen molar-refractivity contribution < 1.29 is 10.2 Å². The van der Waals surface area contributed by atoms with Crippen LogP contribution in [0.2, 0.25) is 0 Å². The SMILES string of the molecule is CC.CCC(CCN)CCn1ccc2cc(NCc3cc(C(C)C)c(O)cc3O)ccc21. The van der Waals surface area contributed by atoms with Crippen molar-refractivity contribution in [1.82, 2.24) is 4.57 Å². The Hall–Kier alpha value is -2.66. The summed E-state index contributed by atoms with van der Waals surface area (Å²) in [4.78, 5) is 0. The highest BCUT2D eigenvalue weighted by Crippen LogP contribution is 2.32. The van der Waals surface area contributed by atoms with Crippen LogP contribution in [-0.2, 0) is 13.1 Å². The summed E-state index contributed by atoms with van der Waals surface area (Å²) < 4.78 is 2.32. The summed E-state index contributed by atoms with van der Waals surface area (Å²) in [6.07, 6.45) is 5.57. The van der Waals surface area contributed by atoms with Crippen LogP contribution in [0.5, 0.6) is 11.5 Å². The van der Waals surface area contributed by atoms with Crippen molar-refractivity contribution in [3.8, 4) is 11.5 Å². The number of hydrogen-bond acceptors (Lipinski definition) is 4. The second-order valence-corrected chi connectivity index (χ2v) is 8.47. The van der Waals surface area contributed by atoms with Gasteiger partial charge in [-0.1, -0.05) is 41.0 Å². The number of benzene rings is 2. The molecule has 1 unspecified atom stereocenters. The summed E-state index contributed by atoms with van der Waals surface area (Å²) in [6, 6.07) is 11.8. The minimum absolute atomic E-state index is 0.111. The first-order valence-electron chi connectivity index (χ1n) is 12.0. The van der Waals surface area contributed by atoms with E-state index in [0.29, 0.717) is 12.5 Å². The molecule has 0 saturated carbocycles. The highest BCUT2D eigenvalue weighted by Gasteiger charge is 2.12. The summed E-state index contributed by atoms with van der Waals surface area (Å²) in [6.45, 7) is 12.6. The minimum atomic E-state index is 0.111. The van der Waals surface area contributed by atoms with Gasteiger partial charge in [-0.15, -0.1) is 0 Å². The van der Waals surface area contributed by atoms with E-state index in [-0.39, 0.29) is 17.4 Å². The van der Waals surface area contributed by atoms with Gasteiger partial charge in [-0.25, -0.2) is 0 Å². The molecular formula is C27H41N3O2. The van der Waals surface area contributed by atoms with E-state index in [4.69, 9.17) is 5.73 Å². The van der Waals surface area contributed by atoms with Gasteiger partial charge in [0.25, 0.3) is 0 Å². The van der Waals surface area contributed by atoms with Crippen LogP contribution in [0.25, 0.3) is 10.9 Å². The second-order valence-electron chi connectivity index (χ2n) is 8.47. The molecule has 0 saturated heterocycles. The Labute approximate surface area is 193 Å². The van der Waals surface area contributed by atoms with Crippen molar-refractivity contribution in [1.29, 1.82) is 0 Å². The summed E-state index contributed by atoms with van der Waals surface area (Å²) in [5.74, 6) is 1.13. The van der Waals surface area contributed by atoms with E-state index in [1.807, 2.05) is 33.8 Å². The lowest BCUT2D eigenvalue weighted by Crippen LogP contribution is -2.10. The fourth-order valence-corrected chi connectivity index (χ4v) is 4.06. The quantitative estimate of drug-likeness (QED) is 0.287. The van der Waals surface area contributed by atoms with Crippen LogP contribution in [0.3, 0.4) is 0 Å². The van der Waals surface area contributed by atoms with E-state index in [2.05, 4.69) is 47.3 Å². The molecule has 3 rings (SSSR count). The van der Waals surface area contributed by atoms with Gasteiger partial charge in [-0.3, -0.25) is 0 Å². The van der Waals surface area contributed by atoms with Crippen LogP contribution in [0.1, 0.15) is 70.9 Å². The zero-order chi connectivity index (χ0) is 23.7. The maximum absolute atomic E-state index is 10.2. The topological polar surface area (TPSA) is 83.4 Å². The van der Waals surface area contributed by atoms with E-state index in [0.717, 1.165) is 42.7 Å². The monoisotopic (exact) mass is 439 g/mol. The smallest absolute Gasteiger partial charge is 0.124 e. The van der Waals surface area contributed by atoms with Gasteiger partial charge in [-0.05, 0) is 67.1 Å². The lowest BCUT2D eigenvalue weighted by molar-refractivity contribution is 0.415. The Bertz CT molecular complexity index is 978. The zero-order valence-electron chi connectivity index (χ0n) is 20.4. The third-order valence-corrected chi connectivity index (χ3v) is 6.03. The molecule has 176 valence electrons. The number of anilines is 1. The van der Waals surface area contributed by atoms with E-state index >= 15 is 0 Å². The Morgan fingerprint density at radius 3 is 2.41 bits per heavy atom. The van der Waals surface area contributed by atoms with Crippen LogP contribution < -0.4 is 11.1 Å². The van der Waals surface area contributed by atoms with Crippen molar-refractivity contribution in [3.63, 3.8) is 0 Å². The average Bonchev–Trinajstić information content (AvgIpc) is 3.19. The number of rotatable bonds is 10. The molecular weight excluding hydrogens is 398 g/mol. The van der Waals surface area contributed by atoms with Crippen molar-refractivity contribution in [3.05, 3.63) is 53.7 Å². The molecule has 0 bridgehead atoms. The number of phenols is 2. The minimum Gasteiger partial charge on any atom is -0.508 e. The lowest BCUT2D eigenvalue weighted by Gasteiger charge is -2.15. The van der Waals surface area contributed by atoms with Gasteiger partial charge in [-0.2, -0.15) is 0 Å². The van der Waals surface area contributed by atoms with E-state index in [1.54, 1.807) is 0 Å². The molecule has 0 amide bonds. The van der Waals surface area contributed by atoms with Gasteiger partial charge in [0, 0.05) is 47.5 Å². The number of nitrogens with one attached hydrogen (secondary N) is 1. The zero-order valence-corrected chi connectivity index (χ0v) is 20.4. The van der Waals surface area contributed by atoms with Crippen LogP contribution >= 0.6 is 0 Å². The Kier molecular flexibility index (Phi) is 9.92. The third-order valence-electron chi connectivity index (χ3n) is 6.03. The van der Waals surface area contributed by atoms with E-state index in [9.17, 15) is 10.2 Å². The molecule has 1 aromatic heterocycles. The summed E-state index contributed by atoms with van der Waals surface area (Å²) in [7, 11) is 0. The molecule has 2 aromatic carbocycles. The van der Waals surface area contributed by atoms with Crippen LogP contribution in [0.15, 0.2) is 42.6 Å². The number of aromatic nitrogens is 1. The second kappa shape index (κ2) is 12.4. The molecule has 5 nitrogen and oxygen atoms in total. The van der Waals surface area contributed by atoms with E-state index in [1.165, 1.54) is 23.4 Å². The Morgan fingerprint density at radius 2 is 1.75 bits per heavy atom. The van der Waals surface area contributed by atoms with Gasteiger partial charge in [0.2, 0.25) is 0 Å². The lowest BCUT2D eigenvalue weighted by atomic mass is 9.98. The first kappa shape index (κ1) is 25.6. The predicted octanol–water partition coefficient (Wildman–Crippen LogP) is 6.58. The normalized spacial score (nSPS) is 12.0. The Morgan fingerprint density at radius 1 is 1.00 bits per heavy atom. The molecule has 5 N–H and O–H groups in total. The van der Waals surface area contributed by atoms with Crippen molar-refractivity contribution in [2.24, 2.45) is 11.7 Å². The van der Waals surface area contributed by atoms with Crippen LogP contribution in [-0.4, -0.2) is 21.3 Å². The molecule has 0 aliphatic rings. The van der Waals surface area contributed by atoms with Crippen molar-refractivity contribution in [2.75, 3.05) is 11.9 Å². The summed E-state index contributed by atoms with van der Waals surface area (Å²) in [5, 5.41) is 24.8. The van der Waals surface area contributed by atoms with Gasteiger partial charge in [0.1, 0.15) is 11.5 Å². The highest BCUT2D eigenvalue weighted by molar-refractivity contribution is 5.83. The molecule has 0 aliphatic heterocycles. The first-order chi connectivity index (χ1) is 15.4. The van der Waals surface area contributed by atoms with Gasteiger partial charge in [0.05, 0.1) is 0 Å². The standard InChI is InChI=1S/C25H35N3O2.C2H6/c1-4-18(7-10-26)8-11-28-12-9-19-13-21(5-6-23(19)28)27-16-20-14-22(17(2)3)25(30)15-24(20)29;1-2/h5-6,9,12-15,17-18,27,29-30H,4,7-8,10-11,16,26H2,1-3H3;1-2H3. The molecule has 1 atom stereocenters. The molecule has 1 heterocycles. The maximum Gasteiger partial charge on any atom is 0.124 e. The third kappa shape index (κ3) is 6.42. The highest BCUT2D eigenvalue weighted by atomic mass is 16.3. The molecule has 5 heteroatoms. The van der Waals surface area contributed by atoms with Crippen LogP contribution in [0, 0.1) is 5.92 Å². The number of fused-ring (bicyclic) bond motifs is 1. The van der Waals surface area contributed by atoms with Gasteiger partial charge in [0.15, 0.2) is 0 Å². The molecule has 3 aromatic rings. The van der Waals surface area contributed by atoms with Crippen molar-refractivity contribution >= 4 is 16.6 Å². The molecule has 0 spiro atoms. The van der Waals surface area contributed by atoms with E-state index < -0.39 is 0 Å². The fourth-order valence-electron chi connectivity index (χ4n) is 4.06. The number of nitrogens with two attached hydrogens (primary N) is 1. The number of nitrogens with zero attached hydrogens (tertiary/aromatic N) is 1. The number of aryl methyl sites for hydroxylation is 1. The molecule has 0 fully saturated rings. The first-order valence-corrected chi connectivity index (χ1v) is 12.0. The predicted molar refractivity (Wildman–Crippen MR) is 137 cm³/mol. The van der Waals surface area contributed by atoms with Crippen molar-refractivity contribution in [2.45, 2.75) is 72.9 Å². The molecule has 0 aliphatic carbocycles. The van der Waals surface area contributed by atoms with Crippen LogP contribution in [0.4, 0.5) is 5.69 Å². The molecule has 32 heavy (non-hydrogen) atoms. The summed E-state index contributed by atoms with van der Waals surface area (Å²) in [5.41, 5.74) is 9.59. The average molecular weight is 440 g/mol. The molecule has 0 radical (unpaired) electrons. The largest absolute Gasteiger partial charge is 0.508 e. The number of aromatic hydroxyl groups is 2. The van der Waals surface area contributed by atoms with Gasteiger partial charge < -0.3 is 25.8 Å². The number of phenolic OH excluding ortho intramolecular Hbond substituents is 2. The van der Waals surface area contributed by atoms with Gasteiger partial charge >= 0.3 is 0 Å². The fraction of sp³-hybridized carbons (Fsp3) is 0.481. The summed E-state index contributed by atoms with van der Waals surface area (Å²) >= 11 is 0. The number of hydrogen-bond donors (Lipinski definition) is 4. The Balaban J connectivity index is 0.00000176. The maximum atomic E-state index is 10.2.